The lowest BCUT2D eigenvalue weighted by Gasteiger charge is -2.47. The van der Waals surface area contributed by atoms with E-state index in [1.807, 2.05) is 18.2 Å². The third-order valence-corrected chi connectivity index (χ3v) is 6.83. The second-order valence-corrected chi connectivity index (χ2v) is 8.69. The molecule has 0 spiro atoms. The van der Waals surface area contributed by atoms with Crippen molar-refractivity contribution in [1.29, 1.82) is 0 Å². The Labute approximate surface area is 185 Å². The van der Waals surface area contributed by atoms with Gasteiger partial charge < -0.3 is 19.3 Å². The van der Waals surface area contributed by atoms with Crippen LogP contribution in [0.5, 0.6) is 11.5 Å². The van der Waals surface area contributed by atoms with Gasteiger partial charge in [-0.2, -0.15) is 0 Å². The number of rotatable bonds is 7. The van der Waals surface area contributed by atoms with Gasteiger partial charge >= 0.3 is 0 Å². The molecule has 166 valence electrons. The van der Waals surface area contributed by atoms with Crippen molar-refractivity contribution in [2.45, 2.75) is 38.1 Å². The topological polar surface area (TPSA) is 42.0 Å². The van der Waals surface area contributed by atoms with Crippen LogP contribution in [0.3, 0.4) is 0 Å². The van der Waals surface area contributed by atoms with Gasteiger partial charge in [0.05, 0.1) is 19.8 Å². The Hall–Kier alpha value is -2.53. The molecule has 5 nitrogen and oxygen atoms in total. The molecule has 2 saturated heterocycles. The molecule has 0 saturated carbocycles. The van der Waals surface area contributed by atoms with Gasteiger partial charge in [-0.3, -0.25) is 4.79 Å². The molecule has 31 heavy (non-hydrogen) atoms. The van der Waals surface area contributed by atoms with E-state index in [0.29, 0.717) is 29.0 Å². The number of hydrogen-bond acceptors (Lipinski definition) is 4. The van der Waals surface area contributed by atoms with E-state index >= 15 is 0 Å². The Morgan fingerprint density at radius 1 is 1.00 bits per heavy atom. The number of aryl methyl sites for hydroxylation is 1. The Bertz CT molecular complexity index is 870. The standard InChI is InChI=1S/C26H34N2O3/c1-30-24-14-6-13-22(25(24)31-2)26(29)28-17-8-12-21-19-27(18-15-23(21)28)16-7-11-20-9-4-3-5-10-20/h3-6,9-10,13-14,21,23H,7-8,11-12,15-19H2,1-2H3/t21-,23+/m1/s1. The number of piperidine rings is 2. The van der Waals surface area contributed by atoms with Crippen molar-refractivity contribution in [2.75, 3.05) is 40.4 Å². The first kappa shape index (κ1) is 21.7. The van der Waals surface area contributed by atoms with Gasteiger partial charge in [0.15, 0.2) is 11.5 Å². The van der Waals surface area contributed by atoms with Crippen LogP contribution in [0.4, 0.5) is 0 Å². The monoisotopic (exact) mass is 422 g/mol. The predicted molar refractivity (Wildman–Crippen MR) is 123 cm³/mol. The number of carbonyl (C=O) groups excluding carboxylic acids is 1. The molecular weight excluding hydrogens is 388 g/mol. The highest BCUT2D eigenvalue weighted by molar-refractivity contribution is 5.98. The molecule has 2 aromatic carbocycles. The Morgan fingerprint density at radius 3 is 2.61 bits per heavy atom. The molecule has 2 fully saturated rings. The van der Waals surface area contributed by atoms with E-state index in [1.165, 1.54) is 18.4 Å². The molecule has 0 aliphatic carbocycles. The minimum Gasteiger partial charge on any atom is -0.493 e. The smallest absolute Gasteiger partial charge is 0.258 e. The van der Waals surface area contributed by atoms with E-state index in [1.54, 1.807) is 14.2 Å². The summed E-state index contributed by atoms with van der Waals surface area (Å²) in [5.74, 6) is 1.77. The van der Waals surface area contributed by atoms with Crippen molar-refractivity contribution in [1.82, 2.24) is 9.80 Å². The normalized spacial score (nSPS) is 21.4. The number of amides is 1. The second kappa shape index (κ2) is 10.2. The Kier molecular flexibility index (Phi) is 7.13. The number of nitrogens with zero attached hydrogens (tertiary/aromatic N) is 2. The van der Waals surface area contributed by atoms with Crippen LogP contribution in [0.25, 0.3) is 0 Å². The largest absolute Gasteiger partial charge is 0.493 e. The van der Waals surface area contributed by atoms with Gasteiger partial charge in [-0.05, 0) is 62.3 Å². The molecule has 2 atom stereocenters. The maximum Gasteiger partial charge on any atom is 0.258 e. The number of ether oxygens (including phenoxy) is 2. The SMILES string of the molecule is COc1cccc(C(=O)N2CCC[C@@H]3CN(CCCc4ccccc4)CC[C@@H]32)c1OC. The van der Waals surface area contributed by atoms with Gasteiger partial charge in [0.2, 0.25) is 0 Å². The second-order valence-electron chi connectivity index (χ2n) is 8.69. The van der Waals surface area contributed by atoms with E-state index in [0.717, 1.165) is 45.4 Å². The molecule has 0 radical (unpaired) electrons. The summed E-state index contributed by atoms with van der Waals surface area (Å²) in [5.41, 5.74) is 2.02. The summed E-state index contributed by atoms with van der Waals surface area (Å²) in [6, 6.07) is 16.6. The lowest BCUT2D eigenvalue weighted by Crippen LogP contribution is -2.55. The molecule has 0 N–H and O–H groups in total. The number of carbonyl (C=O) groups is 1. The average Bonchev–Trinajstić information content (AvgIpc) is 2.83. The summed E-state index contributed by atoms with van der Waals surface area (Å²) in [7, 11) is 3.21. The molecule has 5 heteroatoms. The number of methoxy groups -OCH3 is 2. The fourth-order valence-electron chi connectivity index (χ4n) is 5.30. The van der Waals surface area contributed by atoms with Crippen LogP contribution >= 0.6 is 0 Å². The Balaban J connectivity index is 1.38. The first-order valence-corrected chi connectivity index (χ1v) is 11.5. The first-order valence-electron chi connectivity index (χ1n) is 11.5. The fraction of sp³-hybridized carbons (Fsp3) is 0.500. The minimum atomic E-state index is 0.0722. The summed E-state index contributed by atoms with van der Waals surface area (Å²) < 4.78 is 10.9. The van der Waals surface area contributed by atoms with Crippen molar-refractivity contribution in [3.63, 3.8) is 0 Å². The third kappa shape index (κ3) is 4.87. The zero-order valence-electron chi connectivity index (χ0n) is 18.8. The molecule has 1 amide bonds. The molecule has 2 heterocycles. The summed E-state index contributed by atoms with van der Waals surface area (Å²) >= 11 is 0. The van der Waals surface area contributed by atoms with Crippen molar-refractivity contribution in [3.05, 3.63) is 59.7 Å². The van der Waals surface area contributed by atoms with Crippen LogP contribution in [0.15, 0.2) is 48.5 Å². The van der Waals surface area contributed by atoms with E-state index in [2.05, 4.69) is 40.1 Å². The highest BCUT2D eigenvalue weighted by atomic mass is 16.5. The zero-order chi connectivity index (χ0) is 21.6. The van der Waals surface area contributed by atoms with Gasteiger partial charge in [-0.25, -0.2) is 0 Å². The van der Waals surface area contributed by atoms with E-state index in [4.69, 9.17) is 9.47 Å². The lowest BCUT2D eigenvalue weighted by molar-refractivity contribution is 0.0198. The summed E-state index contributed by atoms with van der Waals surface area (Å²) in [6.45, 7) is 4.12. The minimum absolute atomic E-state index is 0.0722. The summed E-state index contributed by atoms with van der Waals surface area (Å²) in [4.78, 5) is 18.2. The Morgan fingerprint density at radius 2 is 1.84 bits per heavy atom. The van der Waals surface area contributed by atoms with E-state index < -0.39 is 0 Å². The maximum absolute atomic E-state index is 13.5. The van der Waals surface area contributed by atoms with Crippen LogP contribution in [0, 0.1) is 5.92 Å². The quantitative estimate of drug-likeness (QED) is 0.669. The van der Waals surface area contributed by atoms with E-state index in [-0.39, 0.29) is 5.91 Å². The lowest BCUT2D eigenvalue weighted by atomic mass is 9.83. The van der Waals surface area contributed by atoms with Crippen molar-refractivity contribution in [3.8, 4) is 11.5 Å². The van der Waals surface area contributed by atoms with Crippen LogP contribution in [-0.2, 0) is 6.42 Å². The predicted octanol–water partition coefficient (Wildman–Crippen LogP) is 4.26. The molecule has 4 rings (SSSR count). The number of para-hydroxylation sites is 1. The van der Waals surface area contributed by atoms with Crippen molar-refractivity contribution < 1.29 is 14.3 Å². The van der Waals surface area contributed by atoms with Gasteiger partial charge in [0.1, 0.15) is 0 Å². The maximum atomic E-state index is 13.5. The van der Waals surface area contributed by atoms with Crippen LogP contribution in [0.1, 0.15) is 41.6 Å². The molecule has 0 bridgehead atoms. The van der Waals surface area contributed by atoms with Crippen LogP contribution in [-0.4, -0.2) is 62.1 Å². The summed E-state index contributed by atoms with van der Waals surface area (Å²) in [6.07, 6.45) is 5.64. The van der Waals surface area contributed by atoms with Crippen LogP contribution in [0.2, 0.25) is 0 Å². The first-order chi connectivity index (χ1) is 15.2. The zero-order valence-corrected chi connectivity index (χ0v) is 18.8. The van der Waals surface area contributed by atoms with Crippen molar-refractivity contribution in [2.24, 2.45) is 5.92 Å². The van der Waals surface area contributed by atoms with Crippen LogP contribution < -0.4 is 9.47 Å². The molecule has 0 unspecified atom stereocenters. The number of benzene rings is 2. The summed E-state index contributed by atoms with van der Waals surface area (Å²) in [5, 5.41) is 0. The van der Waals surface area contributed by atoms with Crippen molar-refractivity contribution >= 4 is 5.91 Å². The molecule has 2 aromatic rings. The number of likely N-dealkylation sites (tertiary alicyclic amines) is 2. The highest BCUT2D eigenvalue weighted by Gasteiger charge is 2.39. The molecule has 0 aromatic heterocycles. The molecule has 2 aliphatic rings. The van der Waals surface area contributed by atoms with Gasteiger partial charge in [0, 0.05) is 25.7 Å². The average molecular weight is 423 g/mol. The molecule has 2 aliphatic heterocycles. The van der Waals surface area contributed by atoms with Gasteiger partial charge in [0.25, 0.3) is 5.91 Å². The third-order valence-electron chi connectivity index (χ3n) is 6.83. The van der Waals surface area contributed by atoms with Gasteiger partial charge in [-0.1, -0.05) is 36.4 Å². The van der Waals surface area contributed by atoms with E-state index in [9.17, 15) is 4.79 Å². The highest BCUT2D eigenvalue weighted by Crippen LogP contribution is 2.36. The fourth-order valence-corrected chi connectivity index (χ4v) is 5.30. The number of hydrogen-bond donors (Lipinski definition) is 0. The number of fused-ring (bicyclic) bond motifs is 1. The van der Waals surface area contributed by atoms with Gasteiger partial charge in [-0.15, -0.1) is 0 Å². The molecular formula is C26H34N2O3.